The first-order valence-corrected chi connectivity index (χ1v) is 11.0. The molecule has 0 radical (unpaired) electrons. The second-order valence-electron chi connectivity index (χ2n) is 6.17. The molecule has 1 N–H and O–H groups in total. The number of aromatic nitrogens is 7. The molecule has 3 aromatic heterocycles. The third-order valence-electron chi connectivity index (χ3n) is 4.05. The molecular formula is C18H17F2N7O2S2. The van der Waals surface area contributed by atoms with Gasteiger partial charge in [-0.05, 0) is 12.1 Å². The number of halogens is 2. The van der Waals surface area contributed by atoms with E-state index >= 15 is 0 Å². The Morgan fingerprint density at radius 3 is 2.87 bits per heavy atom. The number of hydrogen-bond acceptors (Lipinski definition) is 9. The maximum absolute atomic E-state index is 13.1. The van der Waals surface area contributed by atoms with E-state index in [-0.39, 0.29) is 17.1 Å². The van der Waals surface area contributed by atoms with Crippen LogP contribution in [-0.2, 0) is 7.05 Å². The molecule has 0 spiro atoms. The van der Waals surface area contributed by atoms with Crippen molar-refractivity contribution in [3.05, 3.63) is 36.2 Å². The first-order chi connectivity index (χ1) is 15.0. The highest BCUT2D eigenvalue weighted by Gasteiger charge is 2.23. The molecule has 9 nitrogen and oxygen atoms in total. The lowest BCUT2D eigenvalue weighted by molar-refractivity contribution is 0.145. The summed E-state index contributed by atoms with van der Waals surface area (Å²) in [5, 5.41) is 19.6. The van der Waals surface area contributed by atoms with Gasteiger partial charge in [0.1, 0.15) is 11.4 Å². The molecule has 1 aromatic carbocycles. The number of H-pyrrole nitrogens is 1. The molecule has 3 heterocycles. The van der Waals surface area contributed by atoms with Gasteiger partial charge in [0.05, 0.1) is 12.7 Å². The molecule has 0 unspecified atom stereocenters. The lowest BCUT2D eigenvalue weighted by atomic mass is 10.2. The Hall–Kier alpha value is -2.93. The highest BCUT2D eigenvalue weighted by Crippen LogP contribution is 2.31. The molecule has 31 heavy (non-hydrogen) atoms. The van der Waals surface area contributed by atoms with E-state index in [9.17, 15) is 8.78 Å². The van der Waals surface area contributed by atoms with Crippen LogP contribution in [0.4, 0.5) is 8.78 Å². The van der Waals surface area contributed by atoms with Crippen molar-refractivity contribution >= 4 is 23.5 Å². The van der Waals surface area contributed by atoms with Gasteiger partial charge in [0.15, 0.2) is 5.82 Å². The molecule has 0 aliphatic heterocycles. The summed E-state index contributed by atoms with van der Waals surface area (Å²) in [6, 6.07) is 7.54. The van der Waals surface area contributed by atoms with Crippen molar-refractivity contribution < 1.29 is 17.9 Å². The summed E-state index contributed by atoms with van der Waals surface area (Å²) in [6.45, 7) is 0. The van der Waals surface area contributed by atoms with E-state index in [4.69, 9.17) is 9.15 Å². The van der Waals surface area contributed by atoms with Crippen molar-refractivity contribution in [1.29, 1.82) is 0 Å². The number of rotatable bonds is 9. The summed E-state index contributed by atoms with van der Waals surface area (Å²) < 4.78 is 38.2. The Morgan fingerprint density at radius 1 is 1.23 bits per heavy atom. The van der Waals surface area contributed by atoms with Gasteiger partial charge >= 0.3 is 0 Å². The number of nitrogens with one attached hydrogen (secondary N) is 1. The van der Waals surface area contributed by atoms with Gasteiger partial charge in [-0.15, -0.1) is 15.3 Å². The smallest absolute Gasteiger partial charge is 0.282 e. The van der Waals surface area contributed by atoms with Crippen LogP contribution in [0.25, 0.3) is 22.8 Å². The molecule has 13 heteroatoms. The average molecular weight is 466 g/mol. The van der Waals surface area contributed by atoms with E-state index < -0.39 is 6.43 Å². The summed E-state index contributed by atoms with van der Waals surface area (Å²) in [7, 11) is 3.17. The molecule has 0 bridgehead atoms. The van der Waals surface area contributed by atoms with Crippen LogP contribution in [0.3, 0.4) is 0 Å². The minimum atomic E-state index is -2.72. The topological polar surface area (TPSA) is 108 Å². The largest absolute Gasteiger partial charge is 0.497 e. The zero-order valence-corrected chi connectivity index (χ0v) is 18.1. The van der Waals surface area contributed by atoms with Crippen LogP contribution in [0.5, 0.6) is 5.75 Å². The zero-order valence-electron chi connectivity index (χ0n) is 16.5. The molecule has 162 valence electrons. The Labute approximate surface area is 184 Å². The number of aromatic amines is 1. The van der Waals surface area contributed by atoms with Gasteiger partial charge in [-0.2, -0.15) is 5.10 Å². The van der Waals surface area contributed by atoms with Crippen LogP contribution in [0.1, 0.15) is 12.1 Å². The maximum Gasteiger partial charge on any atom is 0.282 e. The predicted octanol–water partition coefficient (Wildman–Crippen LogP) is 4.09. The third kappa shape index (κ3) is 5.05. The molecule has 0 aliphatic carbocycles. The van der Waals surface area contributed by atoms with E-state index in [0.29, 0.717) is 27.7 Å². The molecular weight excluding hydrogens is 448 g/mol. The molecule has 0 atom stereocenters. The van der Waals surface area contributed by atoms with E-state index in [0.717, 1.165) is 11.3 Å². The van der Waals surface area contributed by atoms with Crippen molar-refractivity contribution in [2.45, 2.75) is 16.8 Å². The quantitative estimate of drug-likeness (QED) is 0.289. The van der Waals surface area contributed by atoms with Crippen LogP contribution in [-0.4, -0.2) is 53.8 Å². The van der Waals surface area contributed by atoms with Crippen molar-refractivity contribution in [1.82, 2.24) is 35.2 Å². The summed E-state index contributed by atoms with van der Waals surface area (Å²) >= 11 is 2.80. The van der Waals surface area contributed by atoms with Gasteiger partial charge < -0.3 is 9.15 Å². The van der Waals surface area contributed by atoms with E-state index in [1.165, 1.54) is 34.4 Å². The Morgan fingerprint density at radius 2 is 2.06 bits per heavy atom. The SMILES string of the molecule is COc1cccc(-c2nc(SCCSc3nnc(-c4cn(C)nc4C(F)F)o3)n[nH]2)c1. The van der Waals surface area contributed by atoms with E-state index in [2.05, 4.69) is 30.5 Å². The number of aryl methyl sites for hydroxylation is 1. The highest BCUT2D eigenvalue weighted by atomic mass is 32.2. The van der Waals surface area contributed by atoms with Crippen molar-refractivity contribution in [2.75, 3.05) is 18.6 Å². The van der Waals surface area contributed by atoms with Crippen LogP contribution in [0.15, 0.2) is 45.3 Å². The molecule has 0 saturated heterocycles. The minimum absolute atomic E-state index is 0.0236. The second-order valence-corrected chi connectivity index (χ2v) is 8.28. The minimum Gasteiger partial charge on any atom is -0.497 e. The summed E-state index contributed by atoms with van der Waals surface area (Å²) in [5.74, 6) is 2.75. The Bertz CT molecular complexity index is 1160. The number of thioether (sulfide) groups is 2. The highest BCUT2D eigenvalue weighted by molar-refractivity contribution is 8.02. The summed E-state index contributed by atoms with van der Waals surface area (Å²) in [5.41, 5.74) is 0.636. The van der Waals surface area contributed by atoms with E-state index in [1.807, 2.05) is 24.3 Å². The van der Waals surface area contributed by atoms with Crippen molar-refractivity contribution in [3.8, 4) is 28.6 Å². The van der Waals surface area contributed by atoms with Gasteiger partial charge in [0, 0.05) is 30.3 Å². The third-order valence-corrected chi connectivity index (χ3v) is 5.98. The van der Waals surface area contributed by atoms with Crippen LogP contribution < -0.4 is 4.74 Å². The lowest BCUT2D eigenvalue weighted by Gasteiger charge is -2.00. The standard InChI is InChI=1S/C18H17F2N7O2S2/c1-27-9-12(13(26-27)14(19)20)16-23-25-18(29-16)31-7-6-30-17-21-15(22-24-17)10-4-3-5-11(8-10)28-2/h3-5,8-9,14H,6-7H2,1-2H3,(H,21,22,24). The number of nitrogens with zero attached hydrogens (tertiary/aromatic N) is 6. The van der Waals surface area contributed by atoms with Gasteiger partial charge in [-0.1, -0.05) is 35.7 Å². The molecule has 0 amide bonds. The van der Waals surface area contributed by atoms with Crippen molar-refractivity contribution in [2.24, 2.45) is 7.05 Å². The monoisotopic (exact) mass is 465 g/mol. The lowest BCUT2D eigenvalue weighted by Crippen LogP contribution is -1.91. The summed E-state index contributed by atoms with van der Waals surface area (Å²) in [4.78, 5) is 4.47. The molecule has 0 saturated carbocycles. The zero-order chi connectivity index (χ0) is 21.8. The number of hydrogen-bond donors (Lipinski definition) is 1. The number of benzene rings is 1. The Balaban J connectivity index is 1.31. The fourth-order valence-electron chi connectivity index (χ4n) is 2.68. The fraction of sp³-hybridized carbons (Fsp3) is 0.278. The number of alkyl halides is 2. The van der Waals surface area contributed by atoms with Crippen LogP contribution in [0.2, 0.25) is 0 Å². The average Bonchev–Trinajstić information content (AvgIpc) is 3.51. The van der Waals surface area contributed by atoms with Crippen LogP contribution in [0, 0.1) is 0 Å². The summed E-state index contributed by atoms with van der Waals surface area (Å²) in [6.07, 6.45) is -1.29. The first-order valence-electron chi connectivity index (χ1n) is 9.01. The number of ether oxygens (including phenoxy) is 1. The van der Waals surface area contributed by atoms with E-state index in [1.54, 1.807) is 14.2 Å². The molecule has 0 fully saturated rings. The molecule has 0 aliphatic rings. The molecule has 4 rings (SSSR count). The molecule has 4 aromatic rings. The first kappa shape index (κ1) is 21.3. The van der Waals surface area contributed by atoms with Crippen LogP contribution >= 0.6 is 23.5 Å². The van der Waals surface area contributed by atoms with Gasteiger partial charge in [0.2, 0.25) is 5.16 Å². The normalized spacial score (nSPS) is 11.4. The fourth-order valence-corrected chi connectivity index (χ4v) is 4.21. The number of methoxy groups -OCH3 is 1. The maximum atomic E-state index is 13.1. The second kappa shape index (κ2) is 9.47. The predicted molar refractivity (Wildman–Crippen MR) is 111 cm³/mol. The van der Waals surface area contributed by atoms with Gasteiger partial charge in [-0.25, -0.2) is 13.8 Å². The van der Waals surface area contributed by atoms with Gasteiger partial charge in [-0.3, -0.25) is 9.78 Å². The Kier molecular flexibility index (Phi) is 6.51. The van der Waals surface area contributed by atoms with Gasteiger partial charge in [0.25, 0.3) is 17.5 Å². The van der Waals surface area contributed by atoms with Crippen molar-refractivity contribution in [3.63, 3.8) is 0 Å².